The van der Waals surface area contributed by atoms with Crippen molar-refractivity contribution in [3.05, 3.63) is 82.6 Å². The van der Waals surface area contributed by atoms with Gasteiger partial charge in [-0.15, -0.1) is 0 Å². The number of nitrogens with one attached hydrogen (secondary N) is 1. The third-order valence-electron chi connectivity index (χ3n) is 4.79. The normalized spacial score (nSPS) is 11.1. The van der Waals surface area contributed by atoms with E-state index in [1.807, 2.05) is 54.6 Å². The lowest BCUT2D eigenvalue weighted by Gasteiger charge is -2.25. The fourth-order valence-electron chi connectivity index (χ4n) is 3.04. The molecule has 2 aromatic carbocycles. The largest absolute Gasteiger partial charge is 0.497 e. The summed E-state index contributed by atoms with van der Waals surface area (Å²) in [6.07, 6.45) is 0.658. The molecule has 3 aromatic rings. The minimum absolute atomic E-state index is 0.264. The summed E-state index contributed by atoms with van der Waals surface area (Å²) in [4.78, 5) is 25.3. The van der Waals surface area contributed by atoms with Gasteiger partial charge in [-0.25, -0.2) is 4.68 Å². The van der Waals surface area contributed by atoms with E-state index in [1.165, 1.54) is 10.7 Å². The highest BCUT2D eigenvalue weighted by atomic mass is 16.5. The highest BCUT2D eigenvalue weighted by Gasteiger charge is 2.32. The summed E-state index contributed by atoms with van der Waals surface area (Å²) in [5.41, 5.74) is 1.13. The van der Waals surface area contributed by atoms with E-state index in [4.69, 9.17) is 4.74 Å². The van der Waals surface area contributed by atoms with Gasteiger partial charge in [0.15, 0.2) is 0 Å². The fraction of sp³-hybridized carbons (Fsp3) is 0.261. The molecule has 0 aliphatic heterocycles. The van der Waals surface area contributed by atoms with Crippen LogP contribution in [-0.4, -0.2) is 29.3 Å². The van der Waals surface area contributed by atoms with Gasteiger partial charge < -0.3 is 10.1 Å². The van der Waals surface area contributed by atoms with Crippen molar-refractivity contribution >= 4 is 5.91 Å². The van der Waals surface area contributed by atoms with Gasteiger partial charge in [-0.1, -0.05) is 42.5 Å². The summed E-state index contributed by atoms with van der Waals surface area (Å²) in [6, 6.07) is 20.4. The Morgan fingerprint density at radius 3 is 2.55 bits per heavy atom. The van der Waals surface area contributed by atoms with Gasteiger partial charge >= 0.3 is 0 Å². The number of hydrogen-bond acceptors (Lipinski definition) is 4. The molecule has 0 atom stereocenters. The van der Waals surface area contributed by atoms with Gasteiger partial charge in [0.1, 0.15) is 11.3 Å². The van der Waals surface area contributed by atoms with Gasteiger partial charge in [0.2, 0.25) is 5.91 Å². The molecule has 150 valence electrons. The molecular weight excluding hydrogens is 366 g/mol. The Hall–Kier alpha value is -3.41. The first-order valence-corrected chi connectivity index (χ1v) is 9.49. The highest BCUT2D eigenvalue weighted by Crippen LogP contribution is 2.18. The summed E-state index contributed by atoms with van der Waals surface area (Å²) in [6.45, 7) is 3.83. The molecule has 1 N–H and O–H groups in total. The number of rotatable bonds is 7. The maximum absolute atomic E-state index is 12.8. The molecule has 1 amide bonds. The fourth-order valence-corrected chi connectivity index (χ4v) is 3.04. The standard InChI is InChI=1S/C23H25N3O3/c1-23(2,22(28)24-15-14-17-8-7-11-19(16-17)29-3)26-21(27)13-12-20(25-26)18-9-5-4-6-10-18/h4-13,16H,14-15H2,1-3H3,(H,24,28). The van der Waals surface area contributed by atoms with Crippen LogP contribution in [0.3, 0.4) is 0 Å². The first-order valence-electron chi connectivity index (χ1n) is 9.49. The first-order chi connectivity index (χ1) is 13.9. The van der Waals surface area contributed by atoms with Crippen LogP contribution in [0.15, 0.2) is 71.5 Å². The predicted molar refractivity (Wildman–Crippen MR) is 113 cm³/mol. The second-order valence-electron chi connectivity index (χ2n) is 7.25. The monoisotopic (exact) mass is 391 g/mol. The number of ether oxygens (including phenoxy) is 1. The van der Waals surface area contributed by atoms with Crippen LogP contribution in [0.1, 0.15) is 19.4 Å². The zero-order valence-corrected chi connectivity index (χ0v) is 16.9. The van der Waals surface area contributed by atoms with Gasteiger partial charge in [-0.05, 0) is 44.0 Å². The lowest BCUT2D eigenvalue weighted by atomic mass is 10.0. The molecule has 0 saturated heterocycles. The summed E-state index contributed by atoms with van der Waals surface area (Å²) in [5.74, 6) is 0.517. The molecule has 0 fully saturated rings. The molecule has 3 rings (SSSR count). The van der Waals surface area contributed by atoms with Crippen molar-refractivity contribution in [2.45, 2.75) is 25.8 Å². The van der Waals surface area contributed by atoms with Crippen LogP contribution in [0.2, 0.25) is 0 Å². The molecule has 0 radical (unpaired) electrons. The minimum Gasteiger partial charge on any atom is -0.497 e. The Morgan fingerprint density at radius 2 is 1.83 bits per heavy atom. The maximum Gasteiger partial charge on any atom is 0.267 e. The molecule has 29 heavy (non-hydrogen) atoms. The second kappa shape index (κ2) is 8.73. The van der Waals surface area contributed by atoms with E-state index in [-0.39, 0.29) is 11.5 Å². The lowest BCUT2D eigenvalue weighted by molar-refractivity contribution is -0.128. The summed E-state index contributed by atoms with van der Waals surface area (Å²) in [5, 5.41) is 7.37. The van der Waals surface area contributed by atoms with Crippen LogP contribution in [0, 0.1) is 0 Å². The van der Waals surface area contributed by atoms with Crippen molar-refractivity contribution in [2.24, 2.45) is 0 Å². The zero-order chi connectivity index (χ0) is 20.9. The van der Waals surface area contributed by atoms with Crippen molar-refractivity contribution in [3.8, 4) is 17.0 Å². The van der Waals surface area contributed by atoms with E-state index >= 15 is 0 Å². The Kier molecular flexibility index (Phi) is 6.12. The van der Waals surface area contributed by atoms with Crippen molar-refractivity contribution in [1.29, 1.82) is 0 Å². The SMILES string of the molecule is COc1cccc(CCNC(=O)C(C)(C)n2nc(-c3ccccc3)ccc2=O)c1. The molecule has 0 saturated carbocycles. The Balaban J connectivity index is 1.74. The van der Waals surface area contributed by atoms with Crippen LogP contribution in [0.4, 0.5) is 0 Å². The first kappa shape index (κ1) is 20.3. The van der Waals surface area contributed by atoms with Gasteiger partial charge in [0, 0.05) is 18.2 Å². The zero-order valence-electron chi connectivity index (χ0n) is 16.9. The number of carbonyl (C=O) groups is 1. The van der Waals surface area contributed by atoms with E-state index in [0.29, 0.717) is 18.7 Å². The van der Waals surface area contributed by atoms with Crippen LogP contribution in [0.25, 0.3) is 11.3 Å². The summed E-state index contributed by atoms with van der Waals surface area (Å²) >= 11 is 0. The van der Waals surface area contributed by atoms with Crippen molar-refractivity contribution in [2.75, 3.05) is 13.7 Å². The Bertz CT molecular complexity index is 1040. The number of methoxy groups -OCH3 is 1. The topological polar surface area (TPSA) is 73.2 Å². The average Bonchev–Trinajstić information content (AvgIpc) is 2.74. The van der Waals surface area contributed by atoms with Crippen molar-refractivity contribution in [3.63, 3.8) is 0 Å². The van der Waals surface area contributed by atoms with Crippen molar-refractivity contribution in [1.82, 2.24) is 15.1 Å². The van der Waals surface area contributed by atoms with E-state index < -0.39 is 5.54 Å². The number of benzene rings is 2. The Morgan fingerprint density at radius 1 is 1.07 bits per heavy atom. The molecule has 0 aliphatic carbocycles. The van der Waals surface area contributed by atoms with E-state index in [2.05, 4.69) is 10.4 Å². The smallest absolute Gasteiger partial charge is 0.267 e. The molecule has 1 aromatic heterocycles. The van der Waals surface area contributed by atoms with Gasteiger partial charge in [0.25, 0.3) is 5.56 Å². The third kappa shape index (κ3) is 4.71. The van der Waals surface area contributed by atoms with Gasteiger partial charge in [-0.2, -0.15) is 5.10 Å². The minimum atomic E-state index is -1.13. The summed E-state index contributed by atoms with van der Waals surface area (Å²) in [7, 11) is 1.62. The third-order valence-corrected chi connectivity index (χ3v) is 4.79. The summed E-state index contributed by atoms with van der Waals surface area (Å²) < 4.78 is 6.47. The highest BCUT2D eigenvalue weighted by molar-refractivity contribution is 5.83. The molecular formula is C23H25N3O3. The number of hydrogen-bond donors (Lipinski definition) is 1. The molecule has 0 spiro atoms. The Labute approximate surface area is 170 Å². The van der Waals surface area contributed by atoms with Crippen LogP contribution in [-0.2, 0) is 16.8 Å². The number of aromatic nitrogens is 2. The predicted octanol–water partition coefficient (Wildman–Crippen LogP) is 3.01. The van der Waals surface area contributed by atoms with E-state index in [1.54, 1.807) is 27.0 Å². The number of carbonyl (C=O) groups excluding carboxylic acids is 1. The molecule has 0 bridgehead atoms. The lowest BCUT2D eigenvalue weighted by Crippen LogP contribution is -2.50. The quantitative estimate of drug-likeness (QED) is 0.672. The van der Waals surface area contributed by atoms with E-state index in [0.717, 1.165) is 16.9 Å². The van der Waals surface area contributed by atoms with Gasteiger partial charge in [0.05, 0.1) is 12.8 Å². The van der Waals surface area contributed by atoms with Crippen LogP contribution in [0.5, 0.6) is 5.75 Å². The molecule has 0 unspecified atom stereocenters. The number of amides is 1. The van der Waals surface area contributed by atoms with E-state index in [9.17, 15) is 9.59 Å². The maximum atomic E-state index is 12.8. The van der Waals surface area contributed by atoms with Crippen LogP contribution < -0.4 is 15.6 Å². The molecule has 1 heterocycles. The van der Waals surface area contributed by atoms with Crippen molar-refractivity contribution < 1.29 is 9.53 Å². The molecule has 6 heteroatoms. The molecule has 6 nitrogen and oxygen atoms in total. The average molecular weight is 391 g/mol. The van der Waals surface area contributed by atoms with Gasteiger partial charge in [-0.3, -0.25) is 9.59 Å². The molecule has 0 aliphatic rings. The second-order valence-corrected chi connectivity index (χ2v) is 7.25. The van der Waals surface area contributed by atoms with Crippen LogP contribution >= 0.6 is 0 Å². The number of nitrogens with zero attached hydrogens (tertiary/aromatic N) is 2.